The smallest absolute Gasteiger partial charge is 0.276 e. The Morgan fingerprint density at radius 3 is 2.54 bits per heavy atom. The van der Waals surface area contributed by atoms with Crippen molar-refractivity contribution in [1.29, 1.82) is 0 Å². The fourth-order valence-corrected chi connectivity index (χ4v) is 4.92. The first-order valence-electron chi connectivity index (χ1n) is 7.30. The lowest BCUT2D eigenvalue weighted by Gasteiger charge is -2.09. The van der Waals surface area contributed by atoms with Gasteiger partial charge in [0.25, 0.3) is 5.91 Å². The fourth-order valence-electron chi connectivity index (χ4n) is 2.25. The van der Waals surface area contributed by atoms with Crippen molar-refractivity contribution in [2.75, 3.05) is 5.32 Å². The van der Waals surface area contributed by atoms with Crippen molar-refractivity contribution in [2.24, 2.45) is 0 Å². The van der Waals surface area contributed by atoms with Crippen molar-refractivity contribution in [3.63, 3.8) is 0 Å². The highest BCUT2D eigenvalue weighted by molar-refractivity contribution is 7.93. The Morgan fingerprint density at radius 2 is 1.88 bits per heavy atom. The van der Waals surface area contributed by atoms with E-state index in [1.807, 2.05) is 0 Å². The fraction of sp³-hybridized carbons (Fsp3) is 0.0588. The van der Waals surface area contributed by atoms with E-state index < -0.39 is 21.6 Å². The Labute approximate surface area is 158 Å². The Bertz CT molecular complexity index is 1080. The minimum absolute atomic E-state index is 0.0122. The molecule has 0 spiro atoms. The van der Waals surface area contributed by atoms with Crippen LogP contribution in [0.3, 0.4) is 0 Å². The van der Waals surface area contributed by atoms with E-state index >= 15 is 0 Å². The van der Waals surface area contributed by atoms with E-state index in [2.05, 4.69) is 10.3 Å². The summed E-state index contributed by atoms with van der Waals surface area (Å²) < 4.78 is 38.6. The summed E-state index contributed by atoms with van der Waals surface area (Å²) in [6, 6.07) is 9.51. The van der Waals surface area contributed by atoms with Crippen LogP contribution in [0.1, 0.15) is 16.1 Å². The number of aromatic nitrogens is 1. The average Bonchev–Trinajstić information content (AvgIpc) is 3.08. The van der Waals surface area contributed by atoms with Gasteiger partial charge < -0.3 is 5.32 Å². The van der Waals surface area contributed by atoms with Gasteiger partial charge in [-0.15, -0.1) is 11.3 Å². The Morgan fingerprint density at radius 1 is 1.19 bits per heavy atom. The van der Waals surface area contributed by atoms with Crippen LogP contribution < -0.4 is 5.32 Å². The number of rotatable bonds is 4. The molecule has 134 valence electrons. The highest BCUT2D eigenvalue weighted by Gasteiger charge is 2.28. The Kier molecular flexibility index (Phi) is 5.08. The molecule has 1 aromatic heterocycles. The number of nitrogens with one attached hydrogen (secondary N) is 1. The maximum absolute atomic E-state index is 13.2. The largest absolute Gasteiger partial charge is 0.320 e. The first-order valence-corrected chi connectivity index (χ1v) is 10.0. The minimum atomic E-state index is -3.92. The predicted molar refractivity (Wildman–Crippen MR) is 98.1 cm³/mol. The van der Waals surface area contributed by atoms with Crippen molar-refractivity contribution in [3.05, 3.63) is 70.1 Å². The molecule has 26 heavy (non-hydrogen) atoms. The van der Waals surface area contributed by atoms with E-state index in [4.69, 9.17) is 11.6 Å². The molecule has 9 heteroatoms. The van der Waals surface area contributed by atoms with Gasteiger partial charge in [0.05, 0.1) is 10.4 Å². The van der Waals surface area contributed by atoms with E-state index in [9.17, 15) is 17.6 Å². The van der Waals surface area contributed by atoms with Gasteiger partial charge in [-0.1, -0.05) is 11.6 Å². The number of amides is 1. The number of thiazole rings is 1. The van der Waals surface area contributed by atoms with Crippen LogP contribution in [-0.2, 0) is 9.84 Å². The summed E-state index contributed by atoms with van der Waals surface area (Å²) in [6.45, 7) is 1.63. The lowest BCUT2D eigenvalue weighted by molar-refractivity contribution is 0.102. The molecule has 1 amide bonds. The first-order chi connectivity index (χ1) is 12.3. The molecule has 3 rings (SSSR count). The normalized spacial score (nSPS) is 11.3. The van der Waals surface area contributed by atoms with E-state index in [0.717, 1.165) is 11.3 Å². The van der Waals surface area contributed by atoms with Crippen LogP contribution in [0.2, 0.25) is 5.02 Å². The third kappa shape index (κ3) is 3.62. The highest BCUT2D eigenvalue weighted by Crippen LogP contribution is 2.29. The van der Waals surface area contributed by atoms with Crippen LogP contribution in [0.5, 0.6) is 0 Å². The average molecular weight is 411 g/mol. The van der Waals surface area contributed by atoms with Crippen LogP contribution in [0.15, 0.2) is 57.1 Å². The number of sulfone groups is 1. The number of carbonyl (C=O) groups is 1. The van der Waals surface area contributed by atoms with Crippen LogP contribution in [0.4, 0.5) is 10.1 Å². The summed E-state index contributed by atoms with van der Waals surface area (Å²) >= 11 is 6.64. The molecule has 0 saturated heterocycles. The first kappa shape index (κ1) is 18.5. The summed E-state index contributed by atoms with van der Waals surface area (Å²) in [5.41, 5.74) is 1.96. The zero-order valence-electron chi connectivity index (χ0n) is 13.4. The molecule has 0 aliphatic carbocycles. The minimum Gasteiger partial charge on any atom is -0.320 e. The van der Waals surface area contributed by atoms with Crippen LogP contribution in [0, 0.1) is 12.7 Å². The number of anilines is 1. The van der Waals surface area contributed by atoms with Crippen molar-refractivity contribution < 1.29 is 17.6 Å². The Balaban J connectivity index is 1.95. The van der Waals surface area contributed by atoms with E-state index in [1.165, 1.54) is 48.0 Å². The summed E-state index contributed by atoms with van der Waals surface area (Å²) in [4.78, 5) is 16.4. The van der Waals surface area contributed by atoms with Gasteiger partial charge in [-0.25, -0.2) is 17.8 Å². The summed E-state index contributed by atoms with van der Waals surface area (Å²) in [5, 5.41) is 2.97. The van der Waals surface area contributed by atoms with Crippen molar-refractivity contribution in [3.8, 4) is 0 Å². The van der Waals surface area contributed by atoms with Crippen LogP contribution in [-0.4, -0.2) is 19.3 Å². The molecule has 0 unspecified atom stereocenters. The van der Waals surface area contributed by atoms with Gasteiger partial charge in [0.2, 0.25) is 9.84 Å². The second-order valence-electron chi connectivity index (χ2n) is 5.36. The summed E-state index contributed by atoms with van der Waals surface area (Å²) in [7, 11) is -3.92. The van der Waals surface area contributed by atoms with E-state index in [0.29, 0.717) is 16.3 Å². The number of halogens is 2. The standard InChI is InChI=1S/C17H12ClFN2O3S2/c1-10-8-12(19)4-7-14(10)21-16(22)15-17(25-9-20-15)26(23,24)13-5-2-11(18)3-6-13/h2-9H,1H3,(H,21,22). The number of nitrogens with zero attached hydrogens (tertiary/aromatic N) is 1. The topological polar surface area (TPSA) is 76.1 Å². The third-order valence-corrected chi connectivity index (χ3v) is 6.95. The Hall–Kier alpha value is -2.29. The molecule has 2 aromatic carbocycles. The molecule has 1 heterocycles. The zero-order valence-corrected chi connectivity index (χ0v) is 15.8. The van der Waals surface area contributed by atoms with E-state index in [-0.39, 0.29) is 14.8 Å². The maximum atomic E-state index is 13.2. The molecule has 0 aliphatic rings. The van der Waals surface area contributed by atoms with Gasteiger partial charge >= 0.3 is 0 Å². The zero-order chi connectivity index (χ0) is 18.9. The van der Waals surface area contributed by atoms with Gasteiger partial charge in [-0.2, -0.15) is 0 Å². The SMILES string of the molecule is Cc1cc(F)ccc1NC(=O)c1ncsc1S(=O)(=O)c1ccc(Cl)cc1. The van der Waals surface area contributed by atoms with E-state index in [1.54, 1.807) is 6.92 Å². The van der Waals surface area contributed by atoms with Gasteiger partial charge in [0.15, 0.2) is 9.90 Å². The summed E-state index contributed by atoms with van der Waals surface area (Å²) in [6.07, 6.45) is 0. The molecule has 5 nitrogen and oxygen atoms in total. The van der Waals surface area contributed by atoms with Gasteiger partial charge in [-0.05, 0) is 55.0 Å². The molecule has 0 atom stereocenters. The lowest BCUT2D eigenvalue weighted by atomic mass is 10.2. The molecular formula is C17H12ClFN2O3S2. The molecular weight excluding hydrogens is 399 g/mol. The maximum Gasteiger partial charge on any atom is 0.276 e. The number of hydrogen-bond donors (Lipinski definition) is 1. The number of aryl methyl sites for hydroxylation is 1. The van der Waals surface area contributed by atoms with Crippen LogP contribution in [0.25, 0.3) is 0 Å². The number of benzene rings is 2. The predicted octanol–water partition coefficient (Wildman–Crippen LogP) is 4.33. The molecule has 0 aliphatic heterocycles. The van der Waals surface area contributed by atoms with Gasteiger partial charge in [-0.3, -0.25) is 4.79 Å². The monoisotopic (exact) mass is 410 g/mol. The molecule has 0 radical (unpaired) electrons. The summed E-state index contributed by atoms with van der Waals surface area (Å²) in [5.74, 6) is -1.12. The quantitative estimate of drug-likeness (QED) is 0.694. The van der Waals surface area contributed by atoms with Gasteiger partial charge in [0.1, 0.15) is 5.82 Å². The molecule has 0 fully saturated rings. The second kappa shape index (κ2) is 7.14. The van der Waals surface area contributed by atoms with Crippen molar-refractivity contribution in [1.82, 2.24) is 4.98 Å². The van der Waals surface area contributed by atoms with Gasteiger partial charge in [0, 0.05) is 10.7 Å². The number of hydrogen-bond acceptors (Lipinski definition) is 5. The lowest BCUT2D eigenvalue weighted by Crippen LogP contribution is -2.16. The molecule has 3 aromatic rings. The van der Waals surface area contributed by atoms with Crippen LogP contribution >= 0.6 is 22.9 Å². The highest BCUT2D eigenvalue weighted by atomic mass is 35.5. The molecule has 0 saturated carbocycles. The number of carbonyl (C=O) groups excluding carboxylic acids is 1. The molecule has 1 N–H and O–H groups in total. The van der Waals surface area contributed by atoms with Crippen molar-refractivity contribution >= 4 is 44.4 Å². The van der Waals surface area contributed by atoms with Crippen molar-refractivity contribution in [2.45, 2.75) is 16.0 Å². The molecule has 0 bridgehead atoms. The second-order valence-corrected chi connectivity index (χ2v) is 8.80. The third-order valence-electron chi connectivity index (χ3n) is 3.55.